The van der Waals surface area contributed by atoms with E-state index >= 15 is 0 Å². The van der Waals surface area contributed by atoms with Crippen LogP contribution in [0.3, 0.4) is 0 Å². The highest BCUT2D eigenvalue weighted by Gasteiger charge is 2.14. The molecule has 0 aliphatic heterocycles. The Morgan fingerprint density at radius 1 is 1.39 bits per heavy atom. The van der Waals surface area contributed by atoms with Crippen LogP contribution >= 0.6 is 11.7 Å². The van der Waals surface area contributed by atoms with Gasteiger partial charge in [-0.05, 0) is 12.0 Å². The first-order chi connectivity index (χ1) is 8.65. The van der Waals surface area contributed by atoms with Crippen LogP contribution < -0.4 is 4.74 Å². The predicted octanol–water partition coefficient (Wildman–Crippen LogP) is 3.33. The number of unbranched alkanes of at least 4 members (excludes halogenated alkanes) is 3. The zero-order valence-electron chi connectivity index (χ0n) is 11.0. The molecule has 6 heteroatoms. The van der Waals surface area contributed by atoms with Crippen molar-refractivity contribution in [2.75, 3.05) is 20.2 Å². The SMILES string of the molecule is C=C(CN(C)F)c1nsnc1OCCCCCC. The molecule has 0 saturated heterocycles. The van der Waals surface area contributed by atoms with Crippen LogP contribution in [0.4, 0.5) is 4.48 Å². The molecule has 1 heterocycles. The largest absolute Gasteiger partial charge is 0.475 e. The third-order valence-corrected chi connectivity index (χ3v) is 2.95. The van der Waals surface area contributed by atoms with Crippen LogP contribution in [0.1, 0.15) is 38.3 Å². The summed E-state index contributed by atoms with van der Waals surface area (Å²) in [6.07, 6.45) is 4.56. The Hall–Kier alpha value is -1.01. The van der Waals surface area contributed by atoms with Gasteiger partial charge in [0, 0.05) is 7.05 Å². The molecule has 102 valence electrons. The van der Waals surface area contributed by atoms with Crippen LogP contribution in [-0.2, 0) is 0 Å². The number of hydrogen-bond donors (Lipinski definition) is 0. The van der Waals surface area contributed by atoms with Gasteiger partial charge in [0.05, 0.1) is 24.9 Å². The van der Waals surface area contributed by atoms with Gasteiger partial charge >= 0.3 is 0 Å². The molecule has 0 radical (unpaired) electrons. The van der Waals surface area contributed by atoms with Crippen molar-refractivity contribution in [2.45, 2.75) is 32.6 Å². The fraction of sp³-hybridized carbons (Fsp3) is 0.667. The van der Waals surface area contributed by atoms with Crippen LogP contribution in [0, 0.1) is 0 Å². The lowest BCUT2D eigenvalue weighted by atomic mass is 10.2. The highest BCUT2D eigenvalue weighted by molar-refractivity contribution is 6.99. The van der Waals surface area contributed by atoms with Gasteiger partial charge in [-0.3, -0.25) is 0 Å². The van der Waals surface area contributed by atoms with Crippen molar-refractivity contribution in [3.8, 4) is 5.88 Å². The standard InChI is InChI=1S/C12H20FN3OS/c1-4-5-6-7-8-17-12-11(14-18-15-12)10(2)9-16(3)13/h2,4-9H2,1,3H3. The van der Waals surface area contributed by atoms with Crippen LogP contribution in [-0.4, -0.2) is 34.1 Å². The van der Waals surface area contributed by atoms with E-state index in [-0.39, 0.29) is 6.54 Å². The Morgan fingerprint density at radius 3 is 2.83 bits per heavy atom. The molecule has 0 spiro atoms. The average Bonchev–Trinajstić information content (AvgIpc) is 2.76. The molecule has 0 saturated carbocycles. The molecular weight excluding hydrogens is 253 g/mol. The van der Waals surface area contributed by atoms with E-state index in [0.717, 1.165) is 24.6 Å². The van der Waals surface area contributed by atoms with Crippen LogP contribution in [0.2, 0.25) is 0 Å². The first kappa shape index (κ1) is 15.0. The van der Waals surface area contributed by atoms with Crippen molar-refractivity contribution in [3.05, 3.63) is 12.3 Å². The topological polar surface area (TPSA) is 38.2 Å². The molecule has 18 heavy (non-hydrogen) atoms. The van der Waals surface area contributed by atoms with E-state index in [0.29, 0.717) is 28.9 Å². The van der Waals surface area contributed by atoms with Gasteiger partial charge in [-0.25, -0.2) is 0 Å². The van der Waals surface area contributed by atoms with E-state index in [1.807, 2.05) is 0 Å². The van der Waals surface area contributed by atoms with Gasteiger partial charge in [-0.2, -0.15) is 4.37 Å². The van der Waals surface area contributed by atoms with E-state index in [2.05, 4.69) is 22.2 Å². The summed E-state index contributed by atoms with van der Waals surface area (Å²) in [6.45, 7) is 6.70. The molecule has 0 aliphatic rings. The second-order valence-corrected chi connectivity index (χ2v) is 4.72. The predicted molar refractivity (Wildman–Crippen MR) is 72.3 cm³/mol. The zero-order valence-corrected chi connectivity index (χ0v) is 11.8. The number of nitrogens with zero attached hydrogens (tertiary/aromatic N) is 3. The number of rotatable bonds is 9. The van der Waals surface area contributed by atoms with Crippen molar-refractivity contribution < 1.29 is 9.22 Å². The lowest BCUT2D eigenvalue weighted by Gasteiger charge is -2.08. The molecule has 0 unspecified atom stereocenters. The summed E-state index contributed by atoms with van der Waals surface area (Å²) >= 11 is 1.06. The molecular formula is C12H20FN3OS. The maximum Gasteiger partial charge on any atom is 0.253 e. The summed E-state index contributed by atoms with van der Waals surface area (Å²) in [4.78, 5) is 0. The van der Waals surface area contributed by atoms with E-state index in [1.54, 1.807) is 0 Å². The van der Waals surface area contributed by atoms with Gasteiger partial charge in [0.1, 0.15) is 5.69 Å². The van der Waals surface area contributed by atoms with E-state index in [4.69, 9.17) is 4.74 Å². The smallest absolute Gasteiger partial charge is 0.253 e. The van der Waals surface area contributed by atoms with Gasteiger partial charge in [-0.15, -0.1) is 14.0 Å². The number of aromatic nitrogens is 2. The van der Waals surface area contributed by atoms with Crippen molar-refractivity contribution in [1.29, 1.82) is 0 Å². The summed E-state index contributed by atoms with van der Waals surface area (Å²) in [5.41, 5.74) is 1.15. The van der Waals surface area contributed by atoms with Gasteiger partial charge in [-0.1, -0.05) is 32.8 Å². The minimum absolute atomic E-state index is 0.109. The number of ether oxygens (including phenoxy) is 1. The highest BCUT2D eigenvalue weighted by Crippen LogP contribution is 2.23. The van der Waals surface area contributed by atoms with E-state index in [1.165, 1.54) is 19.9 Å². The van der Waals surface area contributed by atoms with Crippen LogP contribution in [0.5, 0.6) is 5.88 Å². The van der Waals surface area contributed by atoms with E-state index in [9.17, 15) is 4.48 Å². The Bertz CT molecular complexity index is 368. The van der Waals surface area contributed by atoms with Crippen molar-refractivity contribution in [1.82, 2.24) is 13.9 Å². The fourth-order valence-electron chi connectivity index (χ4n) is 1.53. The summed E-state index contributed by atoms with van der Waals surface area (Å²) in [7, 11) is 1.34. The summed E-state index contributed by atoms with van der Waals surface area (Å²) in [6, 6.07) is 0. The van der Waals surface area contributed by atoms with Gasteiger partial charge in [0.25, 0.3) is 5.88 Å². The van der Waals surface area contributed by atoms with Gasteiger partial charge in [0.2, 0.25) is 0 Å². The molecule has 0 N–H and O–H groups in total. The van der Waals surface area contributed by atoms with Crippen LogP contribution in [0.25, 0.3) is 5.57 Å². The molecule has 0 amide bonds. The van der Waals surface area contributed by atoms with Crippen molar-refractivity contribution >= 4 is 17.3 Å². The molecule has 1 aromatic heterocycles. The molecule has 1 rings (SSSR count). The molecule has 0 fully saturated rings. The van der Waals surface area contributed by atoms with Crippen molar-refractivity contribution in [2.24, 2.45) is 0 Å². The Balaban J connectivity index is 2.42. The first-order valence-electron chi connectivity index (χ1n) is 6.15. The number of likely N-dealkylation sites (N-methyl/N-ethyl adjacent to an activating group) is 1. The maximum absolute atomic E-state index is 12.8. The maximum atomic E-state index is 12.8. The Labute approximate surface area is 112 Å². The molecule has 1 aromatic rings. The quantitative estimate of drug-likeness (QED) is 0.511. The normalized spacial score (nSPS) is 10.9. The lowest BCUT2D eigenvalue weighted by molar-refractivity contribution is 0.0791. The number of halogens is 1. The second-order valence-electron chi connectivity index (χ2n) is 4.19. The lowest BCUT2D eigenvalue weighted by Crippen LogP contribution is -2.10. The van der Waals surface area contributed by atoms with Gasteiger partial charge < -0.3 is 4.74 Å². The monoisotopic (exact) mass is 273 g/mol. The van der Waals surface area contributed by atoms with E-state index < -0.39 is 0 Å². The third-order valence-electron chi connectivity index (χ3n) is 2.44. The Morgan fingerprint density at radius 2 is 2.17 bits per heavy atom. The molecule has 0 aromatic carbocycles. The minimum Gasteiger partial charge on any atom is -0.475 e. The van der Waals surface area contributed by atoms with Crippen LogP contribution in [0.15, 0.2) is 6.58 Å². The zero-order chi connectivity index (χ0) is 13.4. The van der Waals surface area contributed by atoms with Crippen molar-refractivity contribution in [3.63, 3.8) is 0 Å². The molecule has 0 atom stereocenters. The Kier molecular flexibility index (Phi) is 6.82. The fourth-order valence-corrected chi connectivity index (χ4v) is 2.07. The average molecular weight is 273 g/mol. The summed E-state index contributed by atoms with van der Waals surface area (Å²) < 4.78 is 26.5. The van der Waals surface area contributed by atoms with Gasteiger partial charge in [0.15, 0.2) is 0 Å². The molecule has 0 bridgehead atoms. The summed E-state index contributed by atoms with van der Waals surface area (Å²) in [5, 5.41) is 0.562. The minimum atomic E-state index is 0.109. The third kappa shape index (κ3) is 5.10. The highest BCUT2D eigenvalue weighted by atomic mass is 32.1. The second kappa shape index (κ2) is 8.16. The summed E-state index contributed by atoms with van der Waals surface area (Å²) in [5.74, 6) is 0.475. The number of hydrogen-bond acceptors (Lipinski definition) is 5. The molecule has 4 nitrogen and oxygen atoms in total. The molecule has 0 aliphatic carbocycles. The first-order valence-corrected chi connectivity index (χ1v) is 6.88.